The molecule has 2 saturated heterocycles. The van der Waals surface area contributed by atoms with E-state index in [1.807, 2.05) is 30.1 Å². The van der Waals surface area contributed by atoms with Crippen LogP contribution in [-0.2, 0) is 9.53 Å². The monoisotopic (exact) mass is 545 g/mol. The van der Waals surface area contributed by atoms with Crippen molar-refractivity contribution >= 4 is 23.4 Å². The molecule has 3 aliphatic rings. The van der Waals surface area contributed by atoms with Crippen molar-refractivity contribution in [3.05, 3.63) is 53.6 Å². The number of H-pyrrole nitrogens is 1. The van der Waals surface area contributed by atoms with Gasteiger partial charge in [0.05, 0.1) is 35.7 Å². The number of amides is 3. The number of hydrazine groups is 1. The molecule has 3 N–H and O–H groups in total. The fraction of sp³-hybridized carbons (Fsp3) is 0.357. The van der Waals surface area contributed by atoms with Gasteiger partial charge in [-0.1, -0.05) is 12.1 Å². The van der Waals surface area contributed by atoms with Crippen LogP contribution in [-0.4, -0.2) is 109 Å². The second-order valence-corrected chi connectivity index (χ2v) is 10.0. The Balaban J connectivity index is 1.14. The summed E-state index contributed by atoms with van der Waals surface area (Å²) in [4.78, 5) is 42.8. The highest BCUT2D eigenvalue weighted by molar-refractivity contribution is 6.26. The van der Waals surface area contributed by atoms with E-state index in [0.717, 1.165) is 18.7 Å². The molecule has 3 aromatic rings. The number of urea groups is 1. The van der Waals surface area contributed by atoms with E-state index in [9.17, 15) is 14.4 Å². The number of nitrogens with one attached hydrogen (secondary N) is 3. The second-order valence-electron chi connectivity index (χ2n) is 10.0. The van der Waals surface area contributed by atoms with Gasteiger partial charge >= 0.3 is 6.03 Å². The average molecular weight is 546 g/mol. The first-order chi connectivity index (χ1) is 19.5. The zero-order valence-electron chi connectivity index (χ0n) is 22.2. The molecule has 2 fully saturated rings. The predicted molar refractivity (Wildman–Crippen MR) is 147 cm³/mol. The first kappa shape index (κ1) is 26.0. The molecule has 2 aromatic carbocycles. The Kier molecular flexibility index (Phi) is 7.20. The molecule has 12 nitrogen and oxygen atoms in total. The summed E-state index contributed by atoms with van der Waals surface area (Å²) in [5, 5.41) is 12.0. The molecule has 3 heterocycles. The van der Waals surface area contributed by atoms with Crippen LogP contribution in [0.4, 0.5) is 10.5 Å². The Morgan fingerprint density at radius 2 is 1.75 bits per heavy atom. The SMILES string of the molecule is CN1CCN(C(=O)COc2ccc(-c3n[nH]c4c3C(=O)c3c(NC(=O)NN5CCOCC5)cccc3-4)cc2)CC1. The van der Waals surface area contributed by atoms with Crippen molar-refractivity contribution in [1.82, 2.24) is 30.4 Å². The zero-order valence-corrected chi connectivity index (χ0v) is 22.2. The van der Waals surface area contributed by atoms with Gasteiger partial charge in [-0.25, -0.2) is 9.80 Å². The zero-order chi connectivity index (χ0) is 27.6. The van der Waals surface area contributed by atoms with Crippen molar-refractivity contribution in [2.75, 3.05) is 71.5 Å². The minimum Gasteiger partial charge on any atom is -0.484 e. The Morgan fingerprint density at radius 3 is 2.50 bits per heavy atom. The molecule has 0 saturated carbocycles. The lowest BCUT2D eigenvalue weighted by Crippen LogP contribution is -2.49. The maximum absolute atomic E-state index is 13.6. The fourth-order valence-electron chi connectivity index (χ4n) is 5.17. The number of ketones is 1. The smallest absolute Gasteiger partial charge is 0.333 e. The maximum Gasteiger partial charge on any atom is 0.333 e. The summed E-state index contributed by atoms with van der Waals surface area (Å²) in [5.74, 6) is 0.314. The molecule has 3 amide bonds. The van der Waals surface area contributed by atoms with Crippen LogP contribution in [0.2, 0.25) is 0 Å². The van der Waals surface area contributed by atoms with Crippen LogP contribution in [0.15, 0.2) is 42.5 Å². The molecule has 0 atom stereocenters. The maximum atomic E-state index is 13.6. The molecular weight excluding hydrogens is 514 g/mol. The Labute approximate surface area is 231 Å². The number of hydrogen-bond acceptors (Lipinski definition) is 8. The molecule has 0 radical (unpaired) electrons. The molecule has 12 heteroatoms. The Bertz CT molecular complexity index is 1420. The van der Waals surface area contributed by atoms with Gasteiger partial charge in [-0.05, 0) is 37.4 Å². The van der Waals surface area contributed by atoms with Gasteiger partial charge in [0, 0.05) is 50.4 Å². The topological polar surface area (TPSA) is 132 Å². The number of carbonyl (C=O) groups excluding carboxylic acids is 3. The third-order valence-electron chi connectivity index (χ3n) is 7.42. The van der Waals surface area contributed by atoms with Gasteiger partial charge in [-0.3, -0.25) is 20.1 Å². The quantitative estimate of drug-likeness (QED) is 0.334. The van der Waals surface area contributed by atoms with Crippen LogP contribution >= 0.6 is 0 Å². The highest BCUT2D eigenvalue weighted by Crippen LogP contribution is 2.43. The molecule has 40 heavy (non-hydrogen) atoms. The summed E-state index contributed by atoms with van der Waals surface area (Å²) < 4.78 is 11.0. The summed E-state index contributed by atoms with van der Waals surface area (Å²) in [6.07, 6.45) is 0. The lowest BCUT2D eigenvalue weighted by Gasteiger charge is -2.32. The number of fused-ring (bicyclic) bond motifs is 3. The van der Waals surface area contributed by atoms with E-state index < -0.39 is 6.03 Å². The van der Waals surface area contributed by atoms with E-state index in [2.05, 4.69) is 25.8 Å². The van der Waals surface area contributed by atoms with Crippen LogP contribution in [0.1, 0.15) is 15.9 Å². The van der Waals surface area contributed by atoms with Crippen LogP contribution in [0.3, 0.4) is 0 Å². The number of rotatable bonds is 6. The number of ether oxygens (including phenoxy) is 2. The van der Waals surface area contributed by atoms with E-state index >= 15 is 0 Å². The van der Waals surface area contributed by atoms with Crippen molar-refractivity contribution in [2.45, 2.75) is 0 Å². The Hall–Kier alpha value is -4.26. The first-order valence-corrected chi connectivity index (χ1v) is 13.3. The predicted octanol–water partition coefficient (Wildman–Crippen LogP) is 1.81. The van der Waals surface area contributed by atoms with Gasteiger partial charge in [0.25, 0.3) is 5.91 Å². The number of anilines is 1. The first-order valence-electron chi connectivity index (χ1n) is 13.3. The van der Waals surface area contributed by atoms with Gasteiger partial charge in [-0.2, -0.15) is 5.10 Å². The average Bonchev–Trinajstić information content (AvgIpc) is 3.53. The molecule has 0 unspecified atom stereocenters. The summed E-state index contributed by atoms with van der Waals surface area (Å²) >= 11 is 0. The molecular formula is C28H31N7O5. The summed E-state index contributed by atoms with van der Waals surface area (Å²) in [5.41, 5.74) is 6.66. The van der Waals surface area contributed by atoms with E-state index in [0.29, 0.717) is 78.9 Å². The number of piperazine rings is 1. The third-order valence-corrected chi connectivity index (χ3v) is 7.42. The summed E-state index contributed by atoms with van der Waals surface area (Å²) in [6, 6.07) is 12.1. The van der Waals surface area contributed by atoms with Crippen molar-refractivity contribution in [1.29, 1.82) is 0 Å². The van der Waals surface area contributed by atoms with Crippen molar-refractivity contribution in [3.8, 4) is 28.3 Å². The highest BCUT2D eigenvalue weighted by Gasteiger charge is 2.35. The van der Waals surface area contributed by atoms with E-state index in [-0.39, 0.29) is 18.3 Å². The number of hydrogen-bond donors (Lipinski definition) is 3. The van der Waals surface area contributed by atoms with Crippen molar-refractivity contribution < 1.29 is 23.9 Å². The lowest BCUT2D eigenvalue weighted by molar-refractivity contribution is -0.134. The minimum atomic E-state index is -0.418. The number of likely N-dealkylation sites (N-methyl/N-ethyl adjacent to an activating group) is 1. The number of morpholine rings is 1. The van der Waals surface area contributed by atoms with Gasteiger partial charge in [-0.15, -0.1) is 0 Å². The molecule has 208 valence electrons. The van der Waals surface area contributed by atoms with Gasteiger partial charge in [0.1, 0.15) is 11.4 Å². The van der Waals surface area contributed by atoms with E-state index in [1.165, 1.54) is 0 Å². The highest BCUT2D eigenvalue weighted by atomic mass is 16.5. The molecule has 0 spiro atoms. The van der Waals surface area contributed by atoms with Crippen molar-refractivity contribution in [2.24, 2.45) is 0 Å². The summed E-state index contributed by atoms with van der Waals surface area (Å²) in [7, 11) is 2.04. The standard InChI is InChI=1S/C28H31N7O5/c1-33-9-11-34(12-10-33)22(36)17-40-19-7-5-18(6-8-19)25-24-26(31-30-25)20-3-2-4-21(23(20)27(24)37)29-28(38)32-35-13-15-39-16-14-35/h2-8H,9-17H2,1H3,(H,30,31)(H2,29,32,38). The Morgan fingerprint density at radius 1 is 1.00 bits per heavy atom. The number of benzene rings is 2. The molecule has 0 bridgehead atoms. The van der Waals surface area contributed by atoms with Gasteiger partial charge in [0.15, 0.2) is 12.4 Å². The molecule has 1 aliphatic carbocycles. The van der Waals surface area contributed by atoms with Gasteiger partial charge in [0.2, 0.25) is 0 Å². The van der Waals surface area contributed by atoms with Gasteiger partial charge < -0.3 is 24.6 Å². The number of aromatic nitrogens is 2. The minimum absolute atomic E-state index is 0.0243. The number of nitrogens with zero attached hydrogens (tertiary/aromatic N) is 4. The number of carbonyl (C=O) groups is 3. The van der Waals surface area contributed by atoms with E-state index in [4.69, 9.17) is 9.47 Å². The third kappa shape index (κ3) is 5.16. The molecule has 6 rings (SSSR count). The number of aromatic amines is 1. The van der Waals surface area contributed by atoms with Crippen LogP contribution in [0.25, 0.3) is 22.5 Å². The van der Waals surface area contributed by atoms with Crippen LogP contribution < -0.4 is 15.5 Å². The second kappa shape index (κ2) is 11.1. The lowest BCUT2D eigenvalue weighted by atomic mass is 10.0. The van der Waals surface area contributed by atoms with Crippen LogP contribution in [0, 0.1) is 0 Å². The summed E-state index contributed by atoms with van der Waals surface area (Å²) in [6.45, 7) is 5.38. The molecule has 2 aliphatic heterocycles. The molecule has 1 aromatic heterocycles. The normalized spacial score (nSPS) is 17.3. The van der Waals surface area contributed by atoms with E-state index in [1.54, 1.807) is 29.3 Å². The van der Waals surface area contributed by atoms with Crippen molar-refractivity contribution in [3.63, 3.8) is 0 Å². The van der Waals surface area contributed by atoms with Crippen LogP contribution in [0.5, 0.6) is 5.75 Å². The largest absolute Gasteiger partial charge is 0.484 e. The fourth-order valence-corrected chi connectivity index (χ4v) is 5.17.